The number of benzene rings is 1. The molecule has 1 atom stereocenters. The molecule has 0 radical (unpaired) electrons. The Hall–Kier alpha value is -1.38. The maximum Gasteiger partial charge on any atom is 0.243 e. The van der Waals surface area contributed by atoms with E-state index in [1.54, 1.807) is 0 Å². The van der Waals surface area contributed by atoms with E-state index in [2.05, 4.69) is 4.72 Å². The third-order valence-electron chi connectivity index (χ3n) is 3.48. The molecule has 0 bridgehead atoms. The standard InChI is InChI=1S/C13H19FN2O4S/c1-19-11-5-9(14)13(6-12(11)20-2)21(17,18)16-10(7-15)8-3-4-8/h5-6,8,10,16H,3-4,7,15H2,1-2H3. The molecule has 1 saturated carbocycles. The summed E-state index contributed by atoms with van der Waals surface area (Å²) in [6.45, 7) is 0.179. The van der Waals surface area contributed by atoms with E-state index in [-0.39, 0.29) is 30.0 Å². The zero-order valence-electron chi connectivity index (χ0n) is 11.9. The number of nitrogens with one attached hydrogen (secondary N) is 1. The smallest absolute Gasteiger partial charge is 0.243 e. The zero-order valence-corrected chi connectivity index (χ0v) is 12.7. The van der Waals surface area contributed by atoms with Crippen molar-refractivity contribution in [3.05, 3.63) is 17.9 Å². The van der Waals surface area contributed by atoms with Crippen LogP contribution in [0.2, 0.25) is 0 Å². The van der Waals surface area contributed by atoms with E-state index in [0.717, 1.165) is 25.0 Å². The first kappa shape index (κ1) is 16.0. The summed E-state index contributed by atoms with van der Waals surface area (Å²) < 4.78 is 51.1. The normalized spacial score (nSPS) is 16.6. The van der Waals surface area contributed by atoms with Gasteiger partial charge in [0.1, 0.15) is 10.7 Å². The highest BCUT2D eigenvalue weighted by atomic mass is 32.2. The first-order valence-corrected chi connectivity index (χ1v) is 8.05. The molecule has 21 heavy (non-hydrogen) atoms. The van der Waals surface area contributed by atoms with Crippen LogP contribution in [0.4, 0.5) is 4.39 Å². The Morgan fingerprint density at radius 2 is 1.90 bits per heavy atom. The molecule has 2 rings (SSSR count). The summed E-state index contributed by atoms with van der Waals surface area (Å²) in [5.41, 5.74) is 5.57. The summed E-state index contributed by atoms with van der Waals surface area (Å²) in [5, 5.41) is 0. The molecule has 0 heterocycles. The number of hydrogen-bond acceptors (Lipinski definition) is 5. The molecule has 0 spiro atoms. The van der Waals surface area contributed by atoms with Crippen molar-refractivity contribution in [2.75, 3.05) is 20.8 Å². The van der Waals surface area contributed by atoms with Gasteiger partial charge in [0.25, 0.3) is 0 Å². The second-order valence-corrected chi connectivity index (χ2v) is 6.62. The van der Waals surface area contributed by atoms with Crippen LogP contribution in [0.5, 0.6) is 11.5 Å². The van der Waals surface area contributed by atoms with Gasteiger partial charge in [0.05, 0.1) is 14.2 Å². The van der Waals surface area contributed by atoms with E-state index in [9.17, 15) is 12.8 Å². The molecule has 1 aliphatic carbocycles. The quantitative estimate of drug-likeness (QED) is 0.778. The zero-order chi connectivity index (χ0) is 15.6. The Bertz CT molecular complexity index is 617. The SMILES string of the molecule is COc1cc(F)c(S(=O)(=O)NC(CN)C2CC2)cc1OC. The summed E-state index contributed by atoms with van der Waals surface area (Å²) >= 11 is 0. The highest BCUT2D eigenvalue weighted by molar-refractivity contribution is 7.89. The lowest BCUT2D eigenvalue weighted by molar-refractivity contribution is 0.350. The van der Waals surface area contributed by atoms with E-state index in [1.165, 1.54) is 14.2 Å². The monoisotopic (exact) mass is 318 g/mol. The summed E-state index contributed by atoms with van der Waals surface area (Å²) in [6, 6.07) is 1.72. The van der Waals surface area contributed by atoms with Crippen molar-refractivity contribution < 1.29 is 22.3 Å². The van der Waals surface area contributed by atoms with Crippen molar-refractivity contribution in [2.45, 2.75) is 23.8 Å². The summed E-state index contributed by atoms with van der Waals surface area (Å²) in [6.07, 6.45) is 1.86. The lowest BCUT2D eigenvalue weighted by atomic mass is 10.2. The molecule has 8 heteroatoms. The first-order chi connectivity index (χ1) is 9.92. The van der Waals surface area contributed by atoms with E-state index >= 15 is 0 Å². The summed E-state index contributed by atoms with van der Waals surface area (Å²) in [5.74, 6) is -0.388. The van der Waals surface area contributed by atoms with Crippen LogP contribution in [0.15, 0.2) is 17.0 Å². The van der Waals surface area contributed by atoms with Crippen LogP contribution in [-0.4, -0.2) is 35.2 Å². The summed E-state index contributed by atoms with van der Waals surface area (Å²) in [7, 11) is -1.30. The van der Waals surface area contributed by atoms with Crippen molar-refractivity contribution in [3.8, 4) is 11.5 Å². The number of sulfonamides is 1. The maximum atomic E-state index is 14.0. The average molecular weight is 318 g/mol. The number of rotatable bonds is 7. The molecule has 0 amide bonds. The van der Waals surface area contributed by atoms with Crippen molar-refractivity contribution in [1.29, 1.82) is 0 Å². The largest absolute Gasteiger partial charge is 0.493 e. The van der Waals surface area contributed by atoms with E-state index in [1.807, 2.05) is 0 Å². The lowest BCUT2D eigenvalue weighted by Gasteiger charge is -2.17. The molecule has 6 nitrogen and oxygen atoms in total. The van der Waals surface area contributed by atoms with Crippen molar-refractivity contribution >= 4 is 10.0 Å². The minimum absolute atomic E-state index is 0.131. The predicted octanol–water partition coefficient (Wildman–Crippen LogP) is 0.859. The first-order valence-electron chi connectivity index (χ1n) is 6.57. The third-order valence-corrected chi connectivity index (χ3v) is 4.98. The van der Waals surface area contributed by atoms with Crippen LogP contribution in [0.25, 0.3) is 0 Å². The van der Waals surface area contributed by atoms with Gasteiger partial charge in [-0.25, -0.2) is 17.5 Å². The maximum absolute atomic E-state index is 14.0. The lowest BCUT2D eigenvalue weighted by Crippen LogP contribution is -2.41. The Kier molecular flexibility index (Phi) is 4.70. The molecule has 1 aromatic carbocycles. The molecule has 1 fully saturated rings. The molecule has 118 valence electrons. The highest BCUT2D eigenvalue weighted by Crippen LogP contribution is 2.35. The van der Waals surface area contributed by atoms with Gasteiger partial charge in [-0.2, -0.15) is 0 Å². The third kappa shape index (κ3) is 3.45. The van der Waals surface area contributed by atoms with Gasteiger partial charge < -0.3 is 15.2 Å². The van der Waals surface area contributed by atoms with Gasteiger partial charge in [-0.1, -0.05) is 0 Å². The molecule has 3 N–H and O–H groups in total. The fraction of sp³-hybridized carbons (Fsp3) is 0.538. The van der Waals surface area contributed by atoms with Gasteiger partial charge in [0.15, 0.2) is 11.5 Å². The molecule has 1 unspecified atom stereocenters. The number of ether oxygens (including phenoxy) is 2. The average Bonchev–Trinajstić information content (AvgIpc) is 3.28. The Morgan fingerprint density at radius 1 is 1.33 bits per heavy atom. The van der Waals surface area contributed by atoms with Crippen molar-refractivity contribution in [2.24, 2.45) is 11.7 Å². The van der Waals surface area contributed by atoms with E-state index in [0.29, 0.717) is 0 Å². The molecule has 1 aliphatic rings. The van der Waals surface area contributed by atoms with Gasteiger partial charge in [-0.15, -0.1) is 0 Å². The van der Waals surface area contributed by atoms with Crippen LogP contribution < -0.4 is 19.9 Å². The van der Waals surface area contributed by atoms with Gasteiger partial charge in [-0.3, -0.25) is 0 Å². The minimum Gasteiger partial charge on any atom is -0.493 e. The van der Waals surface area contributed by atoms with Gasteiger partial charge in [0.2, 0.25) is 10.0 Å². The van der Waals surface area contributed by atoms with Crippen molar-refractivity contribution in [1.82, 2.24) is 4.72 Å². The van der Waals surface area contributed by atoms with Crippen molar-refractivity contribution in [3.63, 3.8) is 0 Å². The summed E-state index contributed by atoms with van der Waals surface area (Å²) in [4.78, 5) is -0.473. The molecule has 0 aromatic heterocycles. The molecule has 0 aliphatic heterocycles. The Balaban J connectivity index is 2.34. The van der Waals surface area contributed by atoms with Gasteiger partial charge in [-0.05, 0) is 18.8 Å². The number of nitrogens with two attached hydrogens (primary N) is 1. The van der Waals surface area contributed by atoms with Crippen LogP contribution in [-0.2, 0) is 10.0 Å². The van der Waals surface area contributed by atoms with E-state index in [4.69, 9.17) is 15.2 Å². The fourth-order valence-electron chi connectivity index (χ4n) is 2.14. The predicted molar refractivity (Wildman–Crippen MR) is 75.4 cm³/mol. The molecule has 1 aromatic rings. The van der Waals surface area contributed by atoms with Crippen LogP contribution in [0.1, 0.15) is 12.8 Å². The molecule has 0 saturated heterocycles. The fourth-order valence-corrected chi connectivity index (χ4v) is 3.53. The Morgan fingerprint density at radius 3 is 2.38 bits per heavy atom. The van der Waals surface area contributed by atoms with Gasteiger partial charge in [0, 0.05) is 24.7 Å². The van der Waals surface area contributed by atoms with Crippen LogP contribution >= 0.6 is 0 Å². The number of methoxy groups -OCH3 is 2. The molecular formula is C13H19FN2O4S. The second-order valence-electron chi connectivity index (χ2n) is 4.94. The van der Waals surface area contributed by atoms with Crippen LogP contribution in [0.3, 0.4) is 0 Å². The van der Waals surface area contributed by atoms with Gasteiger partial charge >= 0.3 is 0 Å². The minimum atomic E-state index is -4.01. The Labute approximate surface area is 123 Å². The number of hydrogen-bond donors (Lipinski definition) is 2. The molecular weight excluding hydrogens is 299 g/mol. The second kappa shape index (κ2) is 6.17. The van der Waals surface area contributed by atoms with Crippen LogP contribution in [0, 0.1) is 11.7 Å². The number of halogens is 1. The van der Waals surface area contributed by atoms with E-state index < -0.39 is 20.7 Å². The topological polar surface area (TPSA) is 90.7 Å². The highest BCUT2D eigenvalue weighted by Gasteiger charge is 2.34.